The van der Waals surface area contributed by atoms with Crippen LogP contribution in [0.2, 0.25) is 0 Å². The summed E-state index contributed by atoms with van der Waals surface area (Å²) in [7, 11) is 0. The van der Waals surface area contributed by atoms with E-state index in [0.717, 1.165) is 44.9 Å². The summed E-state index contributed by atoms with van der Waals surface area (Å²) >= 11 is 0. The number of pyridine rings is 1. The standard InChI is InChI=1S/C36H26N6/c1-36(25-13-4-2-11-23(25)24-12-3-5-14-26(24)36)27-15-10-21-37-33(27)34-38-22-20-32(40-34)42-31-19-9-8-18-30(31)41-29-17-7-6-16-28(29)39-35(41)42/h2-22,25-26H,1H3. The fraction of sp³-hybridized carbons (Fsp3) is 0.111. The molecule has 2 atom stereocenters. The Kier molecular flexibility index (Phi) is 4.77. The van der Waals surface area contributed by atoms with Gasteiger partial charge >= 0.3 is 0 Å². The highest BCUT2D eigenvalue weighted by atomic mass is 15.2. The predicted octanol–water partition coefficient (Wildman–Crippen LogP) is 7.34. The van der Waals surface area contributed by atoms with Crippen LogP contribution in [-0.2, 0) is 5.41 Å². The van der Waals surface area contributed by atoms with E-state index >= 15 is 0 Å². The monoisotopic (exact) mass is 542 g/mol. The maximum atomic E-state index is 5.19. The second-order valence-corrected chi connectivity index (χ2v) is 11.3. The molecule has 0 spiro atoms. The summed E-state index contributed by atoms with van der Waals surface area (Å²) in [4.78, 5) is 20.0. The molecule has 0 N–H and O–H groups in total. The van der Waals surface area contributed by atoms with Crippen LogP contribution in [0.15, 0.2) is 139 Å². The molecule has 0 saturated carbocycles. The molecule has 200 valence electrons. The number of para-hydroxylation sites is 4. The SMILES string of the molecule is CC1(c2cccnc2-c2nccc(-n3c4ccccc4n4c5ccccc5nc34)n2)C2C=CC=CC2=C2C=CC=CC21. The lowest BCUT2D eigenvalue weighted by Crippen LogP contribution is -2.35. The summed E-state index contributed by atoms with van der Waals surface area (Å²) in [6, 6.07) is 22.8. The topological polar surface area (TPSA) is 60.9 Å². The molecule has 2 unspecified atom stereocenters. The van der Waals surface area contributed by atoms with E-state index in [2.05, 4.69) is 113 Å². The molecular formula is C36H26N6. The van der Waals surface area contributed by atoms with Gasteiger partial charge < -0.3 is 0 Å². The number of rotatable bonds is 3. The molecular weight excluding hydrogens is 516 g/mol. The molecule has 3 aliphatic rings. The Bertz CT molecular complexity index is 2200. The first-order valence-electron chi connectivity index (χ1n) is 14.3. The second kappa shape index (κ2) is 8.57. The van der Waals surface area contributed by atoms with E-state index in [9.17, 15) is 0 Å². The number of imidazole rings is 2. The number of hydrogen-bond acceptors (Lipinski definition) is 4. The highest BCUT2D eigenvalue weighted by Gasteiger charge is 2.51. The van der Waals surface area contributed by atoms with Gasteiger partial charge in [-0.05, 0) is 53.1 Å². The summed E-state index contributed by atoms with van der Waals surface area (Å²) in [6.07, 6.45) is 21.5. The Labute approximate surface area is 242 Å². The van der Waals surface area contributed by atoms with Crippen molar-refractivity contribution in [3.63, 3.8) is 0 Å². The van der Waals surface area contributed by atoms with Crippen LogP contribution in [-0.4, -0.2) is 28.9 Å². The van der Waals surface area contributed by atoms with Gasteiger partial charge in [0.2, 0.25) is 5.78 Å². The molecule has 4 heterocycles. The molecule has 6 heteroatoms. The first kappa shape index (κ1) is 23.4. The van der Waals surface area contributed by atoms with Gasteiger partial charge in [-0.25, -0.2) is 15.0 Å². The molecule has 0 amide bonds. The van der Waals surface area contributed by atoms with Crippen molar-refractivity contribution in [1.29, 1.82) is 0 Å². The Morgan fingerprint density at radius 1 is 0.667 bits per heavy atom. The number of fused-ring (bicyclic) bond motifs is 7. The van der Waals surface area contributed by atoms with Gasteiger partial charge in [0.25, 0.3) is 0 Å². The summed E-state index contributed by atoms with van der Waals surface area (Å²) in [5, 5.41) is 0. The molecule has 6 aromatic rings. The van der Waals surface area contributed by atoms with Crippen molar-refractivity contribution >= 4 is 27.8 Å². The van der Waals surface area contributed by atoms with Crippen LogP contribution in [0.1, 0.15) is 12.5 Å². The van der Waals surface area contributed by atoms with Crippen LogP contribution in [0.3, 0.4) is 0 Å². The largest absolute Gasteiger partial charge is 0.276 e. The summed E-state index contributed by atoms with van der Waals surface area (Å²) < 4.78 is 4.33. The van der Waals surface area contributed by atoms with Crippen LogP contribution in [0.5, 0.6) is 0 Å². The fourth-order valence-corrected chi connectivity index (χ4v) is 7.39. The lowest BCUT2D eigenvalue weighted by molar-refractivity contribution is 0.359. The number of nitrogens with zero attached hydrogens (tertiary/aromatic N) is 6. The van der Waals surface area contributed by atoms with Gasteiger partial charge in [0.05, 0.1) is 22.1 Å². The van der Waals surface area contributed by atoms with Gasteiger partial charge in [0.15, 0.2) is 5.82 Å². The van der Waals surface area contributed by atoms with Crippen LogP contribution in [0, 0.1) is 11.8 Å². The van der Waals surface area contributed by atoms with Crippen LogP contribution < -0.4 is 0 Å². The molecule has 6 nitrogen and oxygen atoms in total. The van der Waals surface area contributed by atoms with Crippen molar-refractivity contribution < 1.29 is 0 Å². The highest BCUT2D eigenvalue weighted by Crippen LogP contribution is 2.57. The lowest BCUT2D eigenvalue weighted by atomic mass is 9.64. The normalized spacial score (nSPS) is 22.5. The molecule has 4 aromatic heterocycles. The van der Waals surface area contributed by atoms with Crippen molar-refractivity contribution in [3.8, 4) is 17.3 Å². The predicted molar refractivity (Wildman–Crippen MR) is 166 cm³/mol. The third-order valence-electron chi connectivity index (χ3n) is 9.25. The van der Waals surface area contributed by atoms with E-state index in [1.165, 1.54) is 11.1 Å². The molecule has 2 aromatic carbocycles. The zero-order valence-electron chi connectivity index (χ0n) is 23.0. The minimum Gasteiger partial charge on any atom is -0.276 e. The fourth-order valence-electron chi connectivity index (χ4n) is 7.39. The summed E-state index contributed by atoms with van der Waals surface area (Å²) in [5.74, 6) is 2.65. The van der Waals surface area contributed by atoms with Crippen molar-refractivity contribution in [3.05, 3.63) is 144 Å². The third-order valence-corrected chi connectivity index (χ3v) is 9.25. The van der Waals surface area contributed by atoms with Crippen molar-refractivity contribution in [2.24, 2.45) is 11.8 Å². The van der Waals surface area contributed by atoms with E-state index < -0.39 is 0 Å². The number of allylic oxidation sites excluding steroid dienone is 10. The first-order valence-corrected chi connectivity index (χ1v) is 14.3. The van der Waals surface area contributed by atoms with Crippen LogP contribution in [0.4, 0.5) is 0 Å². The Balaban J connectivity index is 1.25. The highest BCUT2D eigenvalue weighted by molar-refractivity contribution is 5.91. The van der Waals surface area contributed by atoms with Gasteiger partial charge in [0, 0.05) is 29.6 Å². The zero-order valence-corrected chi connectivity index (χ0v) is 23.0. The van der Waals surface area contributed by atoms with Crippen molar-refractivity contribution in [2.45, 2.75) is 12.3 Å². The Morgan fingerprint density at radius 2 is 1.38 bits per heavy atom. The smallest absolute Gasteiger partial charge is 0.221 e. The number of aromatic nitrogens is 6. The van der Waals surface area contributed by atoms with Crippen LogP contribution >= 0.6 is 0 Å². The maximum Gasteiger partial charge on any atom is 0.221 e. The van der Waals surface area contributed by atoms with Crippen molar-refractivity contribution in [1.82, 2.24) is 28.9 Å². The average molecular weight is 543 g/mol. The Morgan fingerprint density at radius 3 is 2.17 bits per heavy atom. The van der Waals surface area contributed by atoms with Gasteiger partial charge in [-0.2, -0.15) is 0 Å². The maximum absolute atomic E-state index is 5.19. The molecule has 3 aliphatic carbocycles. The average Bonchev–Trinajstić information content (AvgIpc) is 3.67. The van der Waals surface area contributed by atoms with E-state index in [0.29, 0.717) is 5.82 Å². The minimum atomic E-state index is -0.246. The van der Waals surface area contributed by atoms with Crippen LogP contribution in [0.25, 0.3) is 45.2 Å². The summed E-state index contributed by atoms with van der Waals surface area (Å²) in [5.41, 5.74) is 8.62. The molecule has 0 saturated heterocycles. The van der Waals surface area contributed by atoms with E-state index in [1.54, 1.807) is 0 Å². The van der Waals surface area contributed by atoms with Gasteiger partial charge in [0.1, 0.15) is 11.5 Å². The first-order chi connectivity index (χ1) is 20.7. The zero-order chi connectivity index (χ0) is 27.8. The van der Waals surface area contributed by atoms with E-state index in [-0.39, 0.29) is 17.3 Å². The Hall–Kier alpha value is -5.36. The number of benzene rings is 2. The molecule has 42 heavy (non-hydrogen) atoms. The molecule has 9 rings (SSSR count). The van der Waals surface area contributed by atoms with Gasteiger partial charge in [-0.1, -0.05) is 85.9 Å². The van der Waals surface area contributed by atoms with E-state index in [1.807, 2.05) is 30.6 Å². The third kappa shape index (κ3) is 3.04. The van der Waals surface area contributed by atoms with Crippen molar-refractivity contribution in [2.75, 3.05) is 0 Å². The van der Waals surface area contributed by atoms with E-state index in [4.69, 9.17) is 19.9 Å². The van der Waals surface area contributed by atoms with Gasteiger partial charge in [-0.15, -0.1) is 0 Å². The minimum absolute atomic E-state index is 0.228. The lowest BCUT2D eigenvalue weighted by Gasteiger charge is -2.38. The molecule has 0 fully saturated rings. The van der Waals surface area contributed by atoms with Gasteiger partial charge in [-0.3, -0.25) is 14.0 Å². The quantitative estimate of drug-likeness (QED) is 0.235. The summed E-state index contributed by atoms with van der Waals surface area (Å²) in [6.45, 7) is 2.37. The molecule has 0 aliphatic heterocycles. The molecule has 0 radical (unpaired) electrons. The number of hydrogen-bond donors (Lipinski definition) is 0. The molecule has 0 bridgehead atoms. The second-order valence-electron chi connectivity index (χ2n) is 11.3.